The second kappa shape index (κ2) is 8.73. The van der Waals surface area contributed by atoms with Gasteiger partial charge < -0.3 is 4.42 Å². The Bertz CT molecular complexity index is 1050. The van der Waals surface area contributed by atoms with Gasteiger partial charge in [-0.05, 0) is 11.6 Å². The fraction of sp³-hybridized carbons (Fsp3) is 0.227. The third-order valence-electron chi connectivity index (χ3n) is 4.89. The first-order valence-electron chi connectivity index (χ1n) is 9.56. The number of oxazole rings is 1. The molecule has 6 nitrogen and oxygen atoms in total. The quantitative estimate of drug-likeness (QED) is 0.624. The van der Waals surface area contributed by atoms with E-state index in [4.69, 9.17) is 4.42 Å². The van der Waals surface area contributed by atoms with Crippen molar-refractivity contribution in [3.8, 4) is 11.3 Å². The maximum Gasteiger partial charge on any atom is 0.236 e. The van der Waals surface area contributed by atoms with Crippen molar-refractivity contribution in [3.05, 3.63) is 83.7 Å². The van der Waals surface area contributed by atoms with E-state index in [-0.39, 0.29) is 0 Å². The van der Waals surface area contributed by atoms with Crippen LogP contribution in [0.5, 0.6) is 0 Å². The lowest BCUT2D eigenvalue weighted by Gasteiger charge is -2.32. The fourth-order valence-corrected chi connectivity index (χ4v) is 4.44. The van der Waals surface area contributed by atoms with Gasteiger partial charge in [0.15, 0.2) is 5.76 Å². The molecule has 29 heavy (non-hydrogen) atoms. The molecule has 1 aliphatic heterocycles. The molecule has 1 aromatic heterocycles. The van der Waals surface area contributed by atoms with Crippen LogP contribution in [0.3, 0.4) is 0 Å². The average Bonchev–Trinajstić information content (AvgIpc) is 3.23. The summed E-state index contributed by atoms with van der Waals surface area (Å²) < 4.78 is 32.5. The van der Waals surface area contributed by atoms with E-state index < -0.39 is 10.0 Å². The highest BCUT2D eigenvalue weighted by atomic mass is 32.2. The molecule has 0 atom stereocenters. The van der Waals surface area contributed by atoms with E-state index in [9.17, 15) is 8.42 Å². The molecule has 0 aliphatic carbocycles. The smallest absolute Gasteiger partial charge is 0.236 e. The number of aromatic nitrogens is 1. The van der Waals surface area contributed by atoms with Crippen molar-refractivity contribution in [1.29, 1.82) is 0 Å². The van der Waals surface area contributed by atoms with Gasteiger partial charge in [-0.2, -0.15) is 4.31 Å². The molecule has 0 spiro atoms. The second-order valence-electron chi connectivity index (χ2n) is 6.92. The zero-order chi connectivity index (χ0) is 20.1. The van der Waals surface area contributed by atoms with Crippen LogP contribution in [0.15, 0.2) is 76.7 Å². The lowest BCUT2D eigenvalue weighted by molar-refractivity contribution is 0.169. The van der Waals surface area contributed by atoms with E-state index in [2.05, 4.69) is 9.88 Å². The Morgan fingerprint density at radius 2 is 1.59 bits per heavy atom. The molecular weight excluding hydrogens is 386 g/mol. The first kappa shape index (κ1) is 19.6. The summed E-state index contributed by atoms with van der Waals surface area (Å²) in [5, 5.41) is 1.29. The van der Waals surface area contributed by atoms with Gasteiger partial charge in [0.1, 0.15) is 0 Å². The first-order chi connectivity index (χ1) is 14.1. The molecule has 0 radical (unpaired) electrons. The second-order valence-corrected chi connectivity index (χ2v) is 8.74. The summed E-state index contributed by atoms with van der Waals surface area (Å²) in [6.45, 7) is 2.75. The molecule has 0 unspecified atom stereocenters. The predicted octanol–water partition coefficient (Wildman–Crippen LogP) is 3.46. The minimum atomic E-state index is -3.42. The Kier molecular flexibility index (Phi) is 5.89. The lowest BCUT2D eigenvalue weighted by Crippen LogP contribution is -2.47. The summed E-state index contributed by atoms with van der Waals surface area (Å²) in [6, 6.07) is 19.3. The SMILES string of the molecule is O=S(=O)(/C=C/c1ccccc1)N1CCN(Cc2ncc(-c3ccccc3)o2)CC1. The van der Waals surface area contributed by atoms with Crippen LogP contribution >= 0.6 is 0 Å². The molecule has 150 valence electrons. The minimum absolute atomic E-state index is 0.452. The van der Waals surface area contributed by atoms with Crippen LogP contribution in [0.4, 0.5) is 0 Å². The summed E-state index contributed by atoms with van der Waals surface area (Å²) >= 11 is 0. The number of sulfonamides is 1. The molecule has 1 saturated heterocycles. The molecule has 3 aromatic rings. The number of hydrogen-bond donors (Lipinski definition) is 0. The zero-order valence-electron chi connectivity index (χ0n) is 16.0. The van der Waals surface area contributed by atoms with Crippen molar-refractivity contribution < 1.29 is 12.8 Å². The molecule has 4 rings (SSSR count). The maximum atomic E-state index is 12.6. The molecular formula is C22H23N3O3S. The lowest BCUT2D eigenvalue weighted by atomic mass is 10.2. The minimum Gasteiger partial charge on any atom is -0.439 e. The van der Waals surface area contributed by atoms with E-state index in [1.54, 1.807) is 12.3 Å². The predicted molar refractivity (Wildman–Crippen MR) is 113 cm³/mol. The molecule has 7 heteroatoms. The van der Waals surface area contributed by atoms with Crippen molar-refractivity contribution >= 4 is 16.1 Å². The highest BCUT2D eigenvalue weighted by Crippen LogP contribution is 2.21. The zero-order valence-corrected chi connectivity index (χ0v) is 16.8. The van der Waals surface area contributed by atoms with Gasteiger partial charge in [0.05, 0.1) is 12.7 Å². The van der Waals surface area contributed by atoms with E-state index in [0.717, 1.165) is 16.9 Å². The summed E-state index contributed by atoms with van der Waals surface area (Å²) in [5.41, 5.74) is 1.86. The number of piperazine rings is 1. The van der Waals surface area contributed by atoms with Gasteiger partial charge in [-0.25, -0.2) is 13.4 Å². The number of hydrogen-bond acceptors (Lipinski definition) is 5. The molecule has 1 fully saturated rings. The van der Waals surface area contributed by atoms with Crippen molar-refractivity contribution in [1.82, 2.24) is 14.2 Å². The Hall–Kier alpha value is -2.74. The van der Waals surface area contributed by atoms with Crippen molar-refractivity contribution in [2.45, 2.75) is 6.54 Å². The molecule has 0 saturated carbocycles. The van der Waals surface area contributed by atoms with Crippen molar-refractivity contribution in [3.63, 3.8) is 0 Å². The Morgan fingerprint density at radius 1 is 0.931 bits per heavy atom. The van der Waals surface area contributed by atoms with Gasteiger partial charge in [0.25, 0.3) is 0 Å². The summed E-state index contributed by atoms with van der Waals surface area (Å²) in [5.74, 6) is 1.39. The average molecular weight is 410 g/mol. The van der Waals surface area contributed by atoms with Gasteiger partial charge in [-0.1, -0.05) is 60.7 Å². The van der Waals surface area contributed by atoms with Crippen LogP contribution < -0.4 is 0 Å². The third kappa shape index (κ3) is 5.00. The molecule has 1 aliphatic rings. The highest BCUT2D eigenvalue weighted by Gasteiger charge is 2.25. The van der Waals surface area contributed by atoms with Gasteiger partial charge in [0, 0.05) is 37.2 Å². The molecule has 2 heterocycles. The molecule has 0 amide bonds. The van der Waals surface area contributed by atoms with Crippen LogP contribution in [-0.2, 0) is 16.6 Å². The van der Waals surface area contributed by atoms with Crippen LogP contribution in [0.2, 0.25) is 0 Å². The summed E-state index contributed by atoms with van der Waals surface area (Å²) in [6.07, 6.45) is 3.37. The van der Waals surface area contributed by atoms with E-state index >= 15 is 0 Å². The Labute approximate surface area is 171 Å². The maximum absolute atomic E-state index is 12.6. The van der Waals surface area contributed by atoms with E-state index in [1.807, 2.05) is 60.7 Å². The van der Waals surface area contributed by atoms with Crippen molar-refractivity contribution in [2.24, 2.45) is 0 Å². The topological polar surface area (TPSA) is 66.7 Å². The van der Waals surface area contributed by atoms with Gasteiger partial charge in [-0.15, -0.1) is 0 Å². The first-order valence-corrected chi connectivity index (χ1v) is 11.1. The standard InChI is InChI=1S/C22H23N3O3S/c26-29(27,16-11-19-7-3-1-4-8-19)25-14-12-24(13-15-25)18-22-23-17-21(28-22)20-9-5-2-6-10-20/h1-11,16-17H,12-15,18H2/b16-11+. The summed E-state index contributed by atoms with van der Waals surface area (Å²) in [4.78, 5) is 6.53. The Balaban J connectivity index is 1.33. The monoisotopic (exact) mass is 409 g/mol. The van der Waals surface area contributed by atoms with Crippen LogP contribution in [0.25, 0.3) is 17.4 Å². The molecule has 2 aromatic carbocycles. The fourth-order valence-electron chi connectivity index (χ4n) is 3.27. The number of benzene rings is 2. The number of rotatable bonds is 6. The van der Waals surface area contributed by atoms with E-state index in [1.165, 1.54) is 9.71 Å². The van der Waals surface area contributed by atoms with E-state index in [0.29, 0.717) is 38.6 Å². The highest BCUT2D eigenvalue weighted by molar-refractivity contribution is 7.92. The molecule has 0 N–H and O–H groups in total. The van der Waals surface area contributed by atoms with Crippen LogP contribution in [0.1, 0.15) is 11.5 Å². The van der Waals surface area contributed by atoms with Gasteiger partial charge >= 0.3 is 0 Å². The Morgan fingerprint density at radius 3 is 2.28 bits per heavy atom. The van der Waals surface area contributed by atoms with Crippen molar-refractivity contribution in [2.75, 3.05) is 26.2 Å². The van der Waals surface area contributed by atoms with Crippen LogP contribution in [-0.4, -0.2) is 48.8 Å². The third-order valence-corrected chi connectivity index (χ3v) is 6.46. The molecule has 0 bridgehead atoms. The van der Waals surface area contributed by atoms with Gasteiger partial charge in [-0.3, -0.25) is 4.90 Å². The largest absolute Gasteiger partial charge is 0.439 e. The normalized spacial score (nSPS) is 16.4. The number of nitrogens with zero attached hydrogens (tertiary/aromatic N) is 3. The van der Waals surface area contributed by atoms with Gasteiger partial charge in [0.2, 0.25) is 15.9 Å². The van der Waals surface area contributed by atoms with Crippen LogP contribution in [0, 0.1) is 0 Å². The summed E-state index contributed by atoms with van der Waals surface area (Å²) in [7, 11) is -3.42.